The Morgan fingerprint density at radius 2 is 0.898 bits per heavy atom. The molecule has 0 N–H and O–H groups in total. The van der Waals surface area contributed by atoms with Crippen LogP contribution in [0.5, 0.6) is 0 Å². The number of furan rings is 3. The molecule has 3 saturated heterocycles. The summed E-state index contributed by atoms with van der Waals surface area (Å²) in [5.74, 6) is -0.110. The van der Waals surface area contributed by atoms with E-state index in [1.807, 2.05) is 33.8 Å². The average Bonchev–Trinajstić information content (AvgIpc) is 2.57. The number of nitrogens with zero attached hydrogens (tertiary/aromatic N) is 6. The van der Waals surface area contributed by atoms with Gasteiger partial charge < -0.3 is 37.4 Å². The lowest BCUT2D eigenvalue weighted by molar-refractivity contribution is 0.0136. The van der Waals surface area contributed by atoms with Gasteiger partial charge in [-0.2, -0.15) is 12.9 Å². The van der Waals surface area contributed by atoms with Crippen molar-refractivity contribution in [1.82, 2.24) is 27.6 Å². The lowest BCUT2D eigenvalue weighted by Gasteiger charge is -2.39. The minimum Gasteiger partial charge on any atom is -0.462 e. The van der Waals surface area contributed by atoms with Crippen LogP contribution in [0.3, 0.4) is 0 Å². The van der Waals surface area contributed by atoms with Crippen LogP contribution in [-0.2, 0) is 39.5 Å². The summed E-state index contributed by atoms with van der Waals surface area (Å²) >= 11 is 3.04. The Balaban J connectivity index is 0.000000180. The van der Waals surface area contributed by atoms with Crippen LogP contribution in [0, 0.1) is 0 Å². The molecule has 0 aliphatic carbocycles. The molecule has 3 aliphatic rings. The second-order valence-electron chi connectivity index (χ2n) is 22.3. The predicted octanol–water partition coefficient (Wildman–Crippen LogP) is 9.78. The Labute approximate surface area is 524 Å². The minimum absolute atomic E-state index is 0.0879. The molecule has 3 fully saturated rings. The van der Waals surface area contributed by atoms with E-state index in [2.05, 4.69) is 4.42 Å². The first-order valence-corrected chi connectivity index (χ1v) is 34.5. The zero-order valence-electron chi connectivity index (χ0n) is 49.9. The number of rotatable bonds is 12. The fourth-order valence-corrected chi connectivity index (χ4v) is 17.9. The van der Waals surface area contributed by atoms with E-state index in [9.17, 15) is 54.0 Å². The maximum Gasteiger partial charge on any atom is 0.410 e. The van der Waals surface area contributed by atoms with Gasteiger partial charge in [-0.05, 0) is 147 Å². The highest BCUT2D eigenvalue weighted by atomic mass is 32.3. The first kappa shape index (κ1) is 68.4. The van der Waals surface area contributed by atoms with Gasteiger partial charge in [0.15, 0.2) is 23.6 Å². The van der Waals surface area contributed by atoms with Crippen molar-refractivity contribution >= 4 is 100 Å². The van der Waals surface area contributed by atoms with Crippen LogP contribution in [0.25, 0.3) is 0 Å². The molecule has 7 aromatic rings. The van der Waals surface area contributed by atoms with E-state index in [0.29, 0.717) is 57.8 Å². The molecule has 3 atom stereocenters. The first-order valence-electron chi connectivity index (χ1n) is 27.6. The normalized spacial score (nSPS) is 18.1. The molecule has 23 nitrogen and oxygen atoms in total. The van der Waals surface area contributed by atoms with Crippen molar-refractivity contribution in [2.75, 3.05) is 58.9 Å². The minimum atomic E-state index is -3.79. The number of aldehydes is 1. The van der Waals surface area contributed by atoms with E-state index in [1.165, 1.54) is 78.3 Å². The van der Waals surface area contributed by atoms with E-state index >= 15 is 0 Å². The van der Waals surface area contributed by atoms with Gasteiger partial charge in [0.25, 0.3) is 36.0 Å². The number of carbonyl (C=O) groups excluding carboxylic acids is 6. The summed E-state index contributed by atoms with van der Waals surface area (Å²) in [4.78, 5) is 76.9. The number of piperazine rings is 3. The van der Waals surface area contributed by atoms with Gasteiger partial charge in [-0.3, -0.25) is 19.2 Å². The van der Waals surface area contributed by atoms with Gasteiger partial charge in [-0.1, -0.05) is 24.3 Å². The van der Waals surface area contributed by atoms with E-state index in [4.69, 9.17) is 18.3 Å². The summed E-state index contributed by atoms with van der Waals surface area (Å²) in [7, 11) is -11.0. The number of sulfonamides is 3. The highest BCUT2D eigenvalue weighted by molar-refractivity contribution is 7.92. The topological polar surface area (TPSA) is 282 Å². The zero-order valence-corrected chi connectivity index (χ0v) is 54.8. The molecule has 3 unspecified atom stereocenters. The quantitative estimate of drug-likeness (QED) is 0.0812. The van der Waals surface area contributed by atoms with Crippen molar-refractivity contribution in [1.29, 1.82) is 0 Å². The standard InChI is InChI=1S/C21H20N2O5S2.C19H24N2O6S2.C14H22N2O4S2.C5H4O2/c1-15-14-22(21(25)16-6-3-2-4-7-16)11-12-23(15)30(26,27)19-10-9-18(29-19)20(24)17-8-5-13-28-17;1-13-12-20(18(23)27-19(2,3)4)9-10-21(13)29(24,25)16-8-7-15(28-16)17(22)14-6-5-11-26-14;1-11-10-15(13(17)20-14(2,3)4)7-8-16(11)22(18,19)12-6-5-9-21-12;6-4-5-2-1-3-7-5/h2-10,13,15H,11-12,14H2,1H3;5-8,11,13H,9-10,12H2,1-4H3;5-6,9,11H,7-8,10H2,1-4H3;1-4H. The van der Waals surface area contributed by atoms with Gasteiger partial charge in [-0.25, -0.2) is 34.8 Å². The molecule has 6 aromatic heterocycles. The first-order chi connectivity index (χ1) is 41.4. The summed E-state index contributed by atoms with van der Waals surface area (Å²) in [5, 5.41) is 1.74. The Bertz CT molecular complexity index is 3820. The number of ketones is 2. The molecular weight excluding hydrogens is 1260 g/mol. The van der Waals surface area contributed by atoms with Gasteiger partial charge in [0.05, 0.1) is 28.5 Å². The maximum atomic E-state index is 13.2. The molecule has 0 bridgehead atoms. The summed E-state index contributed by atoms with van der Waals surface area (Å²) in [6.45, 7) is 18.5. The number of ether oxygens (including phenoxy) is 2. The van der Waals surface area contributed by atoms with Crippen molar-refractivity contribution < 1.29 is 76.7 Å². The second-order valence-corrected chi connectivity index (χ2v) is 31.7. The molecule has 9 heterocycles. The van der Waals surface area contributed by atoms with Crippen molar-refractivity contribution in [2.24, 2.45) is 0 Å². The maximum absolute atomic E-state index is 13.2. The molecule has 3 amide bonds. The van der Waals surface area contributed by atoms with E-state index in [0.717, 1.165) is 22.7 Å². The number of benzene rings is 1. The van der Waals surface area contributed by atoms with Crippen molar-refractivity contribution in [3.8, 4) is 0 Å². The zero-order chi connectivity index (χ0) is 64.4. The number of hydrogen-bond acceptors (Lipinski definition) is 20. The van der Waals surface area contributed by atoms with E-state index in [-0.39, 0.29) is 82.2 Å². The van der Waals surface area contributed by atoms with Crippen LogP contribution in [0.15, 0.2) is 153 Å². The van der Waals surface area contributed by atoms with Crippen molar-refractivity contribution in [3.63, 3.8) is 0 Å². The average molecular weight is 1330 g/mol. The third-order valence-corrected chi connectivity index (χ3v) is 23.8. The van der Waals surface area contributed by atoms with Gasteiger partial charge in [0.1, 0.15) is 23.8 Å². The fourth-order valence-electron chi connectivity index (χ4n) is 9.16. The monoisotopic (exact) mass is 1330 g/mol. The molecule has 0 spiro atoms. The van der Waals surface area contributed by atoms with Crippen molar-refractivity contribution in [2.45, 2.75) is 104 Å². The van der Waals surface area contributed by atoms with Gasteiger partial charge in [0.2, 0.25) is 11.6 Å². The lowest BCUT2D eigenvalue weighted by atomic mass is 10.1. The third-order valence-electron chi connectivity index (χ3n) is 13.3. The number of carbonyl (C=O) groups is 6. The molecule has 3 aliphatic heterocycles. The summed E-state index contributed by atoms with van der Waals surface area (Å²) in [6, 6.07) is 26.6. The van der Waals surface area contributed by atoms with Crippen LogP contribution in [-0.4, -0.2) is 177 Å². The van der Waals surface area contributed by atoms with Crippen LogP contribution in [0.2, 0.25) is 0 Å². The van der Waals surface area contributed by atoms with Crippen molar-refractivity contribution in [3.05, 3.63) is 160 Å². The Kier molecular flexibility index (Phi) is 22.6. The molecular formula is C59H70N6O17S6. The number of amides is 3. The Hall–Kier alpha value is -7.09. The number of thiophene rings is 3. The predicted molar refractivity (Wildman–Crippen MR) is 329 cm³/mol. The van der Waals surface area contributed by atoms with Crippen LogP contribution in [0.4, 0.5) is 9.59 Å². The van der Waals surface area contributed by atoms with Gasteiger partial charge >= 0.3 is 12.2 Å². The smallest absolute Gasteiger partial charge is 0.410 e. The SMILES string of the molecule is CC1CN(C(=O)OC(C)(C)C)CCN1S(=O)(=O)c1ccc(C(=O)c2ccco2)s1.CC1CN(C(=O)OC(C)(C)C)CCN1S(=O)(=O)c1cccs1.CC1CN(C(=O)c2ccccc2)CCN1S(=O)(=O)c1ccc(C(=O)c2ccco2)s1.O=Cc1ccco1. The molecule has 0 radical (unpaired) electrons. The lowest BCUT2D eigenvalue weighted by Crippen LogP contribution is -2.55. The third kappa shape index (κ3) is 17.4. The van der Waals surface area contributed by atoms with Crippen LogP contribution >= 0.6 is 34.0 Å². The Morgan fingerprint density at radius 1 is 0.489 bits per heavy atom. The van der Waals surface area contributed by atoms with Crippen LogP contribution < -0.4 is 0 Å². The highest BCUT2D eigenvalue weighted by Gasteiger charge is 2.40. The Morgan fingerprint density at radius 3 is 1.25 bits per heavy atom. The molecule has 88 heavy (non-hydrogen) atoms. The fraction of sp³-hybridized carbons (Fsp3) is 0.390. The molecule has 10 rings (SSSR count). The summed E-state index contributed by atoms with van der Waals surface area (Å²) < 4.78 is 108. The molecule has 0 saturated carbocycles. The largest absolute Gasteiger partial charge is 0.462 e. The van der Waals surface area contributed by atoms with Gasteiger partial charge in [-0.15, -0.1) is 34.0 Å². The summed E-state index contributed by atoms with van der Waals surface area (Å²) in [6.07, 6.45) is 4.07. The number of hydrogen-bond donors (Lipinski definition) is 0. The van der Waals surface area contributed by atoms with Gasteiger partial charge in [0, 0.05) is 82.6 Å². The molecule has 474 valence electrons. The molecule has 29 heteroatoms. The summed E-state index contributed by atoms with van der Waals surface area (Å²) in [5.41, 5.74) is -0.585. The highest BCUT2D eigenvalue weighted by Crippen LogP contribution is 2.32. The van der Waals surface area contributed by atoms with E-state index < -0.39 is 59.5 Å². The van der Waals surface area contributed by atoms with E-state index in [1.54, 1.807) is 117 Å². The van der Waals surface area contributed by atoms with Crippen LogP contribution in [0.1, 0.15) is 114 Å². The molecule has 1 aromatic carbocycles. The second kappa shape index (κ2) is 29.0.